The third kappa shape index (κ3) is 4.19. The summed E-state index contributed by atoms with van der Waals surface area (Å²) in [4.78, 5) is 0. The van der Waals surface area contributed by atoms with Gasteiger partial charge in [0.1, 0.15) is 5.82 Å². The van der Waals surface area contributed by atoms with Crippen molar-refractivity contribution in [1.82, 2.24) is 5.32 Å². The van der Waals surface area contributed by atoms with Crippen molar-refractivity contribution in [2.24, 2.45) is 11.7 Å². The fourth-order valence-corrected chi connectivity index (χ4v) is 1.99. The Morgan fingerprint density at radius 1 is 1.44 bits per heavy atom. The summed E-state index contributed by atoms with van der Waals surface area (Å²) in [5.41, 5.74) is 6.25. The fourth-order valence-electron chi connectivity index (χ4n) is 1.50. The monoisotopic (exact) mass is 338 g/mol. The van der Waals surface area contributed by atoms with Crippen LogP contribution in [0.5, 0.6) is 0 Å². The molecule has 0 spiro atoms. The highest BCUT2D eigenvalue weighted by molar-refractivity contribution is 9.10. The SMILES string of the molecule is CC(C)C(C)(CN)NCc1c(F)cccc1Br.Cl. The maximum absolute atomic E-state index is 13.6. The Balaban J connectivity index is 0.00000289. The van der Waals surface area contributed by atoms with Gasteiger partial charge in [0.2, 0.25) is 0 Å². The fraction of sp³-hybridized carbons (Fsp3) is 0.538. The molecule has 0 saturated heterocycles. The minimum atomic E-state index is -0.199. The standard InChI is InChI=1S/C13H20BrFN2.ClH/c1-9(2)13(3,8-16)17-7-10-11(14)5-4-6-12(10)15;/h4-6,9,17H,7-8,16H2,1-3H3;1H. The van der Waals surface area contributed by atoms with Crippen molar-refractivity contribution in [2.45, 2.75) is 32.9 Å². The first-order valence-corrected chi connectivity index (χ1v) is 6.58. The van der Waals surface area contributed by atoms with Gasteiger partial charge in [0.05, 0.1) is 0 Å². The zero-order valence-corrected chi connectivity index (χ0v) is 13.4. The van der Waals surface area contributed by atoms with Gasteiger partial charge in [0.25, 0.3) is 0 Å². The van der Waals surface area contributed by atoms with Gasteiger partial charge in [0, 0.05) is 28.7 Å². The molecule has 5 heteroatoms. The highest BCUT2D eigenvalue weighted by Crippen LogP contribution is 2.22. The Labute approximate surface area is 123 Å². The lowest BCUT2D eigenvalue weighted by atomic mass is 9.88. The van der Waals surface area contributed by atoms with Crippen LogP contribution in [0.25, 0.3) is 0 Å². The van der Waals surface area contributed by atoms with Crippen LogP contribution < -0.4 is 11.1 Å². The molecule has 3 N–H and O–H groups in total. The molecule has 0 aliphatic rings. The van der Waals surface area contributed by atoms with Crippen LogP contribution in [0.2, 0.25) is 0 Å². The molecular weight excluding hydrogens is 319 g/mol. The lowest BCUT2D eigenvalue weighted by molar-refractivity contribution is 0.265. The Bertz CT molecular complexity index is 367. The van der Waals surface area contributed by atoms with Crippen molar-refractivity contribution in [3.05, 3.63) is 34.1 Å². The Morgan fingerprint density at radius 3 is 2.50 bits per heavy atom. The number of halogens is 3. The van der Waals surface area contributed by atoms with E-state index < -0.39 is 0 Å². The second-order valence-corrected chi connectivity index (χ2v) is 5.68. The molecule has 18 heavy (non-hydrogen) atoms. The van der Waals surface area contributed by atoms with Crippen molar-refractivity contribution >= 4 is 28.3 Å². The molecule has 2 nitrogen and oxygen atoms in total. The molecule has 1 unspecified atom stereocenters. The van der Waals surface area contributed by atoms with E-state index in [4.69, 9.17) is 5.73 Å². The predicted molar refractivity (Wildman–Crippen MR) is 80.5 cm³/mol. The molecule has 0 heterocycles. The zero-order chi connectivity index (χ0) is 13.1. The maximum Gasteiger partial charge on any atom is 0.128 e. The van der Waals surface area contributed by atoms with Crippen LogP contribution in [-0.2, 0) is 6.54 Å². The summed E-state index contributed by atoms with van der Waals surface area (Å²) in [5.74, 6) is 0.188. The Morgan fingerprint density at radius 2 is 2.06 bits per heavy atom. The molecule has 0 aromatic heterocycles. The van der Waals surface area contributed by atoms with Crippen LogP contribution in [0.3, 0.4) is 0 Å². The molecule has 0 bridgehead atoms. The van der Waals surface area contributed by atoms with E-state index in [1.807, 2.05) is 6.07 Å². The normalized spacial score (nSPS) is 14.2. The Kier molecular flexibility index (Phi) is 7.37. The van der Waals surface area contributed by atoms with Crippen LogP contribution in [0, 0.1) is 11.7 Å². The number of hydrogen-bond acceptors (Lipinski definition) is 2. The van der Waals surface area contributed by atoms with Gasteiger partial charge in [-0.1, -0.05) is 35.8 Å². The molecule has 0 aliphatic heterocycles. The number of benzene rings is 1. The van der Waals surface area contributed by atoms with Crippen molar-refractivity contribution in [3.63, 3.8) is 0 Å². The van der Waals surface area contributed by atoms with Gasteiger partial charge in [-0.3, -0.25) is 0 Å². The van der Waals surface area contributed by atoms with Crippen LogP contribution in [0.15, 0.2) is 22.7 Å². The topological polar surface area (TPSA) is 38.0 Å². The van der Waals surface area contributed by atoms with E-state index >= 15 is 0 Å². The van der Waals surface area contributed by atoms with Gasteiger partial charge in [-0.05, 0) is 25.0 Å². The molecule has 0 amide bonds. The van der Waals surface area contributed by atoms with E-state index in [-0.39, 0.29) is 23.8 Å². The first-order valence-electron chi connectivity index (χ1n) is 5.78. The number of rotatable bonds is 5. The Hall–Kier alpha value is -0.160. The predicted octanol–water partition coefficient (Wildman–Crippen LogP) is 3.47. The molecule has 0 aliphatic carbocycles. The smallest absolute Gasteiger partial charge is 0.128 e. The first kappa shape index (κ1) is 17.8. The second kappa shape index (κ2) is 7.43. The molecule has 1 aromatic carbocycles. The summed E-state index contributed by atoms with van der Waals surface area (Å²) >= 11 is 3.36. The number of nitrogens with one attached hydrogen (secondary N) is 1. The highest BCUT2D eigenvalue weighted by Gasteiger charge is 2.26. The molecule has 0 saturated carbocycles. The third-order valence-electron chi connectivity index (χ3n) is 3.43. The van der Waals surface area contributed by atoms with E-state index in [1.165, 1.54) is 6.07 Å². The van der Waals surface area contributed by atoms with Gasteiger partial charge < -0.3 is 11.1 Å². The second-order valence-electron chi connectivity index (χ2n) is 4.83. The summed E-state index contributed by atoms with van der Waals surface area (Å²) < 4.78 is 14.4. The first-order chi connectivity index (χ1) is 7.90. The van der Waals surface area contributed by atoms with Gasteiger partial charge in [-0.25, -0.2) is 4.39 Å². The molecule has 0 radical (unpaired) electrons. The van der Waals surface area contributed by atoms with Crippen LogP contribution in [0.1, 0.15) is 26.3 Å². The summed E-state index contributed by atoms with van der Waals surface area (Å²) in [6.07, 6.45) is 0. The lowest BCUT2D eigenvalue weighted by Crippen LogP contribution is -2.52. The van der Waals surface area contributed by atoms with Gasteiger partial charge in [-0.15, -0.1) is 12.4 Å². The molecule has 104 valence electrons. The van der Waals surface area contributed by atoms with Crippen LogP contribution >= 0.6 is 28.3 Å². The summed E-state index contributed by atoms with van der Waals surface area (Å²) in [5, 5.41) is 3.35. The highest BCUT2D eigenvalue weighted by atomic mass is 79.9. The van der Waals surface area contributed by atoms with E-state index in [1.54, 1.807) is 6.07 Å². The largest absolute Gasteiger partial charge is 0.329 e. The molecular formula is C13H21BrClFN2. The van der Waals surface area contributed by atoms with E-state index in [2.05, 4.69) is 42.0 Å². The van der Waals surface area contributed by atoms with Gasteiger partial charge in [-0.2, -0.15) is 0 Å². The molecule has 1 rings (SSSR count). The quantitative estimate of drug-likeness (QED) is 0.862. The average molecular weight is 340 g/mol. The average Bonchev–Trinajstić information content (AvgIpc) is 2.27. The lowest BCUT2D eigenvalue weighted by Gasteiger charge is -2.34. The zero-order valence-electron chi connectivity index (χ0n) is 11.0. The van der Waals surface area contributed by atoms with Crippen molar-refractivity contribution in [1.29, 1.82) is 0 Å². The van der Waals surface area contributed by atoms with Gasteiger partial charge in [0.15, 0.2) is 0 Å². The minimum absolute atomic E-state index is 0. The van der Waals surface area contributed by atoms with Crippen molar-refractivity contribution in [3.8, 4) is 0 Å². The van der Waals surface area contributed by atoms with E-state index in [9.17, 15) is 4.39 Å². The van der Waals surface area contributed by atoms with Crippen molar-refractivity contribution in [2.75, 3.05) is 6.54 Å². The molecule has 1 atom stereocenters. The summed E-state index contributed by atoms with van der Waals surface area (Å²) in [6, 6.07) is 5.00. The molecule has 0 fully saturated rings. The van der Waals surface area contributed by atoms with Crippen molar-refractivity contribution < 1.29 is 4.39 Å². The maximum atomic E-state index is 13.6. The van der Waals surface area contributed by atoms with E-state index in [0.717, 1.165) is 4.47 Å². The van der Waals surface area contributed by atoms with Gasteiger partial charge >= 0.3 is 0 Å². The third-order valence-corrected chi connectivity index (χ3v) is 4.17. The van der Waals surface area contributed by atoms with Crippen LogP contribution in [-0.4, -0.2) is 12.1 Å². The summed E-state index contributed by atoms with van der Waals surface area (Å²) in [7, 11) is 0. The van der Waals surface area contributed by atoms with Crippen LogP contribution in [0.4, 0.5) is 4.39 Å². The number of nitrogens with two attached hydrogens (primary N) is 1. The molecule has 1 aromatic rings. The number of hydrogen-bond donors (Lipinski definition) is 2. The van der Waals surface area contributed by atoms with E-state index in [0.29, 0.717) is 24.6 Å². The minimum Gasteiger partial charge on any atom is -0.329 e. The summed E-state index contributed by atoms with van der Waals surface area (Å²) in [6.45, 7) is 7.27.